The molecular weight excluding hydrogens is 1960 g/mol. The highest BCUT2D eigenvalue weighted by Crippen LogP contribution is 2.51. The Morgan fingerprint density at radius 2 is 0.733 bits per heavy atom. The second-order valence-electron chi connectivity index (χ2n) is 28.9. The standard InChI is InChI=1S/C36H24N4O.C24H16BrN3.C14H11BrO.C12H9NO.C10H8BrN3.C6H5BBrO2.C4H4BrN3/c1-3-11-26(12-4-1)34-35(27-13-5-2-6-14-27)39-24-23-29(37-36(39)38-34)25-19-21-28(22-20-25)40-30-15-7-9-17-32(30)41-33-18-10-8-16-31(33)40;25-20-13-11-17(12-14-20)21-15-16-28-23(19-9-5-2-6-10-19)22(27-24(28)26-21)18-7-3-1-4-8-18;15-13(11-7-3-1-4-8-11)14(16)12-9-5-2-6-10-12;1-3-7-11-9(5-1)13-10-6-2-4-8-12(10)14-11;11-8-3-1-7(2-4-8)9-5-6-13-10(12)14-9;8-5-1-3-6(4-2-5)10-7-9;5-3-1-2-7-4(6)8-3/h1-24H;1-16H;1-10,13H;1-8,13H;1-6H,(H2,12,13,14);1-4,9H;1-2H,(H2,6,7,8). The third-order valence-electron chi connectivity index (χ3n) is 20.3. The monoisotopic (exact) mass is 2030 g/mol. The van der Waals surface area contributed by atoms with Gasteiger partial charge < -0.3 is 40.8 Å². The van der Waals surface area contributed by atoms with Crippen molar-refractivity contribution < 1.29 is 23.9 Å². The molecule has 0 bridgehead atoms. The van der Waals surface area contributed by atoms with Gasteiger partial charge in [-0.05, 0) is 155 Å². The molecule has 0 saturated carbocycles. The number of nitrogens with zero attached hydrogens (tertiary/aromatic N) is 11. The van der Waals surface area contributed by atoms with Gasteiger partial charge in [-0.25, -0.2) is 39.9 Å². The van der Waals surface area contributed by atoms with E-state index in [0.29, 0.717) is 41.5 Å². The lowest BCUT2D eigenvalue weighted by Gasteiger charge is -2.32. The maximum atomic E-state index is 12.1. The van der Waals surface area contributed by atoms with E-state index in [1.165, 1.54) is 0 Å². The largest absolute Gasteiger partial charge is 0.569 e. The van der Waals surface area contributed by atoms with E-state index in [0.717, 1.165) is 155 Å². The first-order chi connectivity index (χ1) is 64.2. The lowest BCUT2D eigenvalue weighted by Crippen LogP contribution is -2.15. The van der Waals surface area contributed by atoms with Crippen molar-refractivity contribution in [1.29, 1.82) is 0 Å². The molecule has 0 amide bonds. The van der Waals surface area contributed by atoms with Gasteiger partial charge in [-0.3, -0.25) is 13.6 Å². The molecule has 8 heterocycles. The van der Waals surface area contributed by atoms with Gasteiger partial charge in [0.2, 0.25) is 23.5 Å². The molecule has 25 heteroatoms. The Kier molecular flexibility index (Phi) is 29.9. The van der Waals surface area contributed by atoms with Crippen molar-refractivity contribution in [2.45, 2.75) is 4.83 Å². The number of carbonyl (C=O) groups is 1. The fourth-order valence-corrected chi connectivity index (χ4v) is 15.8. The number of anilines is 7. The SMILES string of the molecule is Brc1ccc(-c2ccn3c(-c4ccccc4)c(-c4ccccc4)nc3n2)cc1.Nc1nccc(-c2ccc(Br)cc2)n1.Nc1nccc(Br)n1.O=C(c1ccccc1)C(Br)c1ccccc1.O[B]Oc1ccc(Br)cc1.c1ccc(-c2nc3nc(-c4ccc(N5c6ccccc6Oc6ccccc65)cc4)ccn3c2-c2ccccc2)cc1.c1ccc2c(c1)Nc1ccccc1O2. The van der Waals surface area contributed by atoms with Crippen molar-refractivity contribution in [3.05, 3.63) is 454 Å². The lowest BCUT2D eigenvalue weighted by atomic mass is 10.0. The summed E-state index contributed by atoms with van der Waals surface area (Å²) in [6.07, 6.45) is 7.37. The summed E-state index contributed by atoms with van der Waals surface area (Å²) in [6.45, 7) is 0. The van der Waals surface area contributed by atoms with E-state index in [9.17, 15) is 4.79 Å². The smallest absolute Gasteiger partial charge is 0.537 e. The molecule has 0 saturated heterocycles. The van der Waals surface area contributed by atoms with E-state index < -0.39 is 0 Å². The number of carbonyl (C=O) groups excluding carboxylic acids is 1. The normalized spacial score (nSPS) is 11.2. The minimum Gasteiger partial charge on any atom is -0.537 e. The van der Waals surface area contributed by atoms with Crippen LogP contribution in [0.4, 0.5) is 40.3 Å². The van der Waals surface area contributed by atoms with E-state index in [1.54, 1.807) is 30.6 Å². The van der Waals surface area contributed by atoms with E-state index in [4.69, 9.17) is 45.9 Å². The number of Topliss-reactive ketones (excluding diaryl/α,β-unsaturated/α-hetero) is 1. The van der Waals surface area contributed by atoms with Gasteiger partial charge in [0.05, 0.1) is 62.6 Å². The first-order valence-corrected chi connectivity index (χ1v) is 45.2. The Hall–Kier alpha value is -14.8. The zero-order valence-corrected chi connectivity index (χ0v) is 77.5. The number of fused-ring (bicyclic) bond motifs is 6. The number of para-hydroxylation sites is 8. The molecule has 2 aliphatic heterocycles. The van der Waals surface area contributed by atoms with Crippen molar-refractivity contribution >= 4 is 145 Å². The summed E-state index contributed by atoms with van der Waals surface area (Å²) in [6, 6.07) is 132. The molecule has 2 aliphatic rings. The number of hydrogen-bond donors (Lipinski definition) is 4. The molecule has 0 spiro atoms. The molecule has 131 heavy (non-hydrogen) atoms. The van der Waals surface area contributed by atoms with Crippen molar-refractivity contribution in [2.75, 3.05) is 21.7 Å². The number of rotatable bonds is 13. The molecular formula is C106H77BBr5N14O5. The van der Waals surface area contributed by atoms with Gasteiger partial charge >= 0.3 is 7.69 Å². The maximum Gasteiger partial charge on any atom is 0.569 e. The third kappa shape index (κ3) is 22.8. The topological polar surface area (TPSA) is 244 Å². The van der Waals surface area contributed by atoms with Crippen LogP contribution in [0.5, 0.6) is 28.7 Å². The van der Waals surface area contributed by atoms with Gasteiger partial charge in [-0.2, -0.15) is 0 Å². The van der Waals surface area contributed by atoms with E-state index in [-0.39, 0.29) is 10.6 Å². The van der Waals surface area contributed by atoms with Gasteiger partial charge in [0, 0.05) is 88.4 Å². The summed E-state index contributed by atoms with van der Waals surface area (Å²) in [5.41, 5.74) is 31.6. The van der Waals surface area contributed by atoms with Crippen LogP contribution in [0.1, 0.15) is 20.7 Å². The number of benzene rings is 14. The molecule has 0 aliphatic carbocycles. The van der Waals surface area contributed by atoms with Gasteiger partial charge in [0.15, 0.2) is 28.8 Å². The van der Waals surface area contributed by atoms with Crippen molar-refractivity contribution in [3.63, 3.8) is 0 Å². The van der Waals surface area contributed by atoms with Crippen molar-refractivity contribution in [1.82, 2.24) is 48.7 Å². The molecule has 639 valence electrons. The van der Waals surface area contributed by atoms with Crippen LogP contribution in [0.25, 0.3) is 90.4 Å². The third-order valence-corrected chi connectivity index (χ3v) is 23.2. The fourth-order valence-electron chi connectivity index (χ4n) is 14.1. The lowest BCUT2D eigenvalue weighted by molar-refractivity contribution is 0.0991. The Balaban J connectivity index is 0.000000121. The summed E-state index contributed by atoms with van der Waals surface area (Å²) in [5.74, 6) is 6.09. The zero-order valence-electron chi connectivity index (χ0n) is 69.6. The molecule has 6 aromatic heterocycles. The first-order valence-electron chi connectivity index (χ1n) is 41.1. The minimum absolute atomic E-state index is 0.0896. The van der Waals surface area contributed by atoms with Crippen LogP contribution in [-0.2, 0) is 0 Å². The van der Waals surface area contributed by atoms with E-state index >= 15 is 0 Å². The van der Waals surface area contributed by atoms with Gasteiger partial charge in [-0.1, -0.05) is 331 Å². The molecule has 1 unspecified atom stereocenters. The van der Waals surface area contributed by atoms with Crippen LogP contribution in [0.3, 0.4) is 0 Å². The van der Waals surface area contributed by atoms with Crippen LogP contribution in [0.2, 0.25) is 0 Å². The minimum atomic E-state index is -0.268. The van der Waals surface area contributed by atoms with Gasteiger partial charge in [0.1, 0.15) is 15.2 Å². The van der Waals surface area contributed by atoms with Crippen molar-refractivity contribution in [3.8, 4) is 108 Å². The molecule has 6 N–H and O–H groups in total. The molecule has 1 atom stereocenters. The highest BCUT2D eigenvalue weighted by atomic mass is 79.9. The van der Waals surface area contributed by atoms with Gasteiger partial charge in [0.25, 0.3) is 0 Å². The Labute approximate surface area is 799 Å². The molecule has 14 aromatic carbocycles. The summed E-state index contributed by atoms with van der Waals surface area (Å²) in [4.78, 5) is 49.2. The zero-order chi connectivity index (χ0) is 90.2. The Morgan fingerprint density at radius 1 is 0.366 bits per heavy atom. The molecule has 22 rings (SSSR count). The molecule has 19 nitrogen and oxygen atoms in total. The predicted molar refractivity (Wildman–Crippen MR) is 543 cm³/mol. The second-order valence-corrected chi connectivity index (χ2v) is 33.4. The Bertz CT molecular complexity index is 7050. The van der Waals surface area contributed by atoms with Crippen molar-refractivity contribution in [2.24, 2.45) is 0 Å². The number of nitrogens with two attached hydrogens (primary N) is 2. The quantitative estimate of drug-likeness (QED) is 0.0363. The summed E-state index contributed by atoms with van der Waals surface area (Å²) >= 11 is 16.7. The van der Waals surface area contributed by atoms with E-state index in [1.807, 2.05) is 267 Å². The van der Waals surface area contributed by atoms with Gasteiger partial charge in [-0.15, -0.1) is 0 Å². The summed E-state index contributed by atoms with van der Waals surface area (Å²) < 4.78 is 24.5. The summed E-state index contributed by atoms with van der Waals surface area (Å²) in [7, 11) is 0.656. The average molecular weight is 2040 g/mol. The number of aromatic nitrogens is 10. The summed E-state index contributed by atoms with van der Waals surface area (Å²) in [5, 5.41) is 11.5. The van der Waals surface area contributed by atoms with Crippen LogP contribution < -0.4 is 35.8 Å². The number of ether oxygens (including phenoxy) is 2. The fraction of sp³-hybridized carbons (Fsp3) is 0.00943. The number of ketones is 1. The number of halogens is 5. The number of hydrogen-bond acceptors (Lipinski definition) is 17. The van der Waals surface area contributed by atoms with Crippen LogP contribution >= 0.6 is 79.6 Å². The number of nitrogen functional groups attached to an aromatic ring is 2. The highest BCUT2D eigenvalue weighted by molar-refractivity contribution is 9.11. The highest BCUT2D eigenvalue weighted by Gasteiger charge is 2.27. The molecule has 1 radical (unpaired) electrons. The molecule has 20 aromatic rings. The van der Waals surface area contributed by atoms with E-state index in [2.05, 4.69) is 251 Å². The van der Waals surface area contributed by atoms with Crippen LogP contribution in [0.15, 0.2) is 443 Å². The predicted octanol–water partition coefficient (Wildman–Crippen LogP) is 28.0. The second kappa shape index (κ2) is 43.8. The number of alkyl halides is 1. The molecule has 0 fully saturated rings. The maximum absolute atomic E-state index is 12.1. The van der Waals surface area contributed by atoms with Crippen LogP contribution in [0, 0.1) is 0 Å². The number of imidazole rings is 2. The average Bonchev–Trinajstić information content (AvgIpc) is 1.59. The first kappa shape index (κ1) is 89.6. The van der Waals surface area contributed by atoms with Crippen LogP contribution in [-0.4, -0.2) is 67.2 Å². The Morgan fingerprint density at radius 3 is 1.16 bits per heavy atom. The number of nitrogens with one attached hydrogen (secondary N) is 1.